The van der Waals surface area contributed by atoms with Crippen LogP contribution >= 0.6 is 7.82 Å². The fourth-order valence-electron chi connectivity index (χ4n) is 3.43. The lowest BCUT2D eigenvalue weighted by atomic mass is 9.98. The van der Waals surface area contributed by atoms with E-state index >= 15 is 0 Å². The Morgan fingerprint density at radius 2 is 1.71 bits per heavy atom. The van der Waals surface area contributed by atoms with Gasteiger partial charge in [-0.3, -0.25) is 28.5 Å². The number of rotatable bonds is 11. The number of hydrogen-bond donors (Lipinski definition) is 3. The van der Waals surface area contributed by atoms with Crippen molar-refractivity contribution >= 4 is 36.9 Å². The molecule has 0 amide bonds. The molecule has 1 saturated heterocycles. The highest BCUT2D eigenvalue weighted by atomic mass is 31.2. The van der Waals surface area contributed by atoms with Crippen LogP contribution in [0.15, 0.2) is 11.1 Å². The summed E-state index contributed by atoms with van der Waals surface area (Å²) < 4.78 is 51.8. The summed E-state index contributed by atoms with van der Waals surface area (Å²) in [7, 11) is -3.41. The Hall–Kier alpha value is -2.92. The van der Waals surface area contributed by atoms with Crippen LogP contribution in [-0.2, 0) is 46.7 Å². The number of esters is 2. The molecule has 0 aliphatic carbocycles. The standard InChI is InChI=1S/C23H36N5O12P/c1-21(2,3)18(31)35-11-38-41(33,39-12-36-19(32)22(4,5)6)37-9-23(34-7)13(29)8-14(40-23)28-10-25-15-16(28)26-20(24)27-17(15)30/h10,13-14,29H,8-9,11-12H2,1-7H3,(H3,24,26,27,30)/t13-,14+,23+/m0/s1. The summed E-state index contributed by atoms with van der Waals surface area (Å²) in [4.78, 5) is 46.8. The van der Waals surface area contributed by atoms with Crippen LogP contribution in [0.3, 0.4) is 0 Å². The van der Waals surface area contributed by atoms with Crippen LogP contribution in [-0.4, -0.2) is 75.8 Å². The molecule has 230 valence electrons. The maximum Gasteiger partial charge on any atom is 0.480 e. The number of nitrogen functional groups attached to an aromatic ring is 1. The van der Waals surface area contributed by atoms with Crippen LogP contribution in [0.4, 0.5) is 5.95 Å². The number of fused-ring (bicyclic) bond motifs is 1. The Kier molecular flexibility index (Phi) is 9.64. The molecule has 3 atom stereocenters. The highest BCUT2D eigenvalue weighted by Gasteiger charge is 2.52. The van der Waals surface area contributed by atoms with E-state index in [9.17, 15) is 24.1 Å². The molecule has 1 aliphatic rings. The van der Waals surface area contributed by atoms with Crippen molar-refractivity contribution in [2.75, 3.05) is 33.0 Å². The Bertz CT molecular complexity index is 1330. The third-order valence-electron chi connectivity index (χ3n) is 5.82. The van der Waals surface area contributed by atoms with Gasteiger partial charge in [0.2, 0.25) is 25.3 Å². The maximum absolute atomic E-state index is 13.4. The van der Waals surface area contributed by atoms with E-state index in [-0.39, 0.29) is 23.5 Å². The largest absolute Gasteiger partial charge is 0.480 e. The minimum absolute atomic E-state index is 0.00985. The van der Waals surface area contributed by atoms with Gasteiger partial charge in [-0.1, -0.05) is 0 Å². The molecule has 0 unspecified atom stereocenters. The number of ether oxygens (including phenoxy) is 4. The van der Waals surface area contributed by atoms with E-state index in [1.54, 1.807) is 41.5 Å². The number of H-pyrrole nitrogens is 1. The Balaban J connectivity index is 1.77. The second-order valence-electron chi connectivity index (χ2n) is 11.2. The molecule has 0 saturated carbocycles. The molecule has 0 bridgehead atoms. The lowest BCUT2D eigenvalue weighted by Gasteiger charge is -2.31. The van der Waals surface area contributed by atoms with Crippen molar-refractivity contribution in [3.8, 4) is 0 Å². The number of nitrogens with one attached hydrogen (secondary N) is 1. The Morgan fingerprint density at radius 1 is 1.15 bits per heavy atom. The van der Waals surface area contributed by atoms with Crippen LogP contribution in [0.1, 0.15) is 54.2 Å². The molecule has 2 aromatic heterocycles. The summed E-state index contributed by atoms with van der Waals surface area (Å²) in [5.74, 6) is -3.39. The van der Waals surface area contributed by atoms with E-state index in [0.717, 1.165) is 0 Å². The molecular weight excluding hydrogens is 569 g/mol. The van der Waals surface area contributed by atoms with E-state index in [4.69, 9.17) is 38.3 Å². The number of aromatic amines is 1. The summed E-state index contributed by atoms with van der Waals surface area (Å²) in [5, 5.41) is 10.9. The summed E-state index contributed by atoms with van der Waals surface area (Å²) in [6.07, 6.45) is -1.13. The quantitative estimate of drug-likeness (QED) is 0.188. The number of nitrogens with zero attached hydrogens (tertiary/aromatic N) is 3. The third kappa shape index (κ3) is 7.68. The number of methoxy groups -OCH3 is 1. The molecular formula is C23H36N5O12P. The number of aliphatic hydroxyl groups excluding tert-OH is 1. The van der Waals surface area contributed by atoms with Crippen LogP contribution in [0.5, 0.6) is 0 Å². The molecule has 2 aromatic rings. The Morgan fingerprint density at radius 3 is 2.22 bits per heavy atom. The average molecular weight is 606 g/mol. The lowest BCUT2D eigenvalue weighted by molar-refractivity contribution is -0.267. The number of nitrogens with two attached hydrogens (primary N) is 1. The molecule has 18 heteroatoms. The number of carbonyl (C=O) groups excluding carboxylic acids is 2. The summed E-state index contributed by atoms with van der Waals surface area (Å²) in [6, 6.07) is 0. The van der Waals surface area contributed by atoms with Gasteiger partial charge in [0, 0.05) is 13.5 Å². The van der Waals surface area contributed by atoms with E-state index in [1.165, 1.54) is 18.0 Å². The number of carbonyl (C=O) groups is 2. The van der Waals surface area contributed by atoms with E-state index in [0.29, 0.717) is 0 Å². The van der Waals surface area contributed by atoms with Gasteiger partial charge in [-0.15, -0.1) is 0 Å². The smallest absolute Gasteiger partial charge is 0.437 e. The number of phosphoric ester groups is 1. The van der Waals surface area contributed by atoms with Gasteiger partial charge in [0.25, 0.3) is 5.56 Å². The van der Waals surface area contributed by atoms with Crippen molar-refractivity contribution < 1.29 is 51.8 Å². The fourth-order valence-corrected chi connectivity index (χ4v) is 4.35. The number of aromatic nitrogens is 4. The van der Waals surface area contributed by atoms with E-state index in [2.05, 4.69) is 15.0 Å². The summed E-state index contributed by atoms with van der Waals surface area (Å²) in [5.41, 5.74) is 3.41. The van der Waals surface area contributed by atoms with Crippen molar-refractivity contribution in [1.29, 1.82) is 0 Å². The molecule has 3 rings (SSSR count). The Labute approximate surface area is 235 Å². The summed E-state index contributed by atoms with van der Waals surface area (Å²) >= 11 is 0. The number of anilines is 1. The SMILES string of the molecule is CO[C@]1(COP(=O)(OCOC(=O)C(C)(C)C)OCOC(=O)C(C)(C)C)O[C@@H](n2cnc3c(=O)[nH]c(N)nc32)C[C@@H]1O. The highest BCUT2D eigenvalue weighted by molar-refractivity contribution is 7.48. The zero-order valence-electron chi connectivity index (χ0n) is 23.9. The van der Waals surface area contributed by atoms with Gasteiger partial charge in [0.1, 0.15) is 18.9 Å². The normalized spacial score (nSPS) is 21.8. The monoisotopic (exact) mass is 605 g/mol. The predicted molar refractivity (Wildman–Crippen MR) is 140 cm³/mol. The van der Waals surface area contributed by atoms with Crippen LogP contribution < -0.4 is 11.3 Å². The number of phosphoric acid groups is 1. The van der Waals surface area contributed by atoms with Crippen LogP contribution in [0, 0.1) is 10.8 Å². The molecule has 4 N–H and O–H groups in total. The van der Waals surface area contributed by atoms with Crippen molar-refractivity contribution in [3.63, 3.8) is 0 Å². The van der Waals surface area contributed by atoms with Gasteiger partial charge in [-0.05, 0) is 41.5 Å². The van der Waals surface area contributed by atoms with Gasteiger partial charge in [0.05, 0.1) is 17.2 Å². The molecule has 0 spiro atoms. The zero-order chi connectivity index (χ0) is 30.8. The van der Waals surface area contributed by atoms with Crippen molar-refractivity contribution in [2.24, 2.45) is 10.8 Å². The predicted octanol–water partition coefficient (Wildman–Crippen LogP) is 1.58. The van der Waals surface area contributed by atoms with Gasteiger partial charge >= 0.3 is 19.8 Å². The topological polar surface area (TPSA) is 226 Å². The van der Waals surface area contributed by atoms with Crippen LogP contribution in [0.2, 0.25) is 0 Å². The minimum Gasteiger partial charge on any atom is -0.437 e. The summed E-state index contributed by atoms with van der Waals surface area (Å²) in [6.45, 7) is 7.27. The second kappa shape index (κ2) is 12.1. The molecule has 1 aliphatic heterocycles. The molecule has 17 nitrogen and oxygen atoms in total. The first kappa shape index (κ1) is 32.6. The van der Waals surface area contributed by atoms with Gasteiger partial charge in [0.15, 0.2) is 11.2 Å². The van der Waals surface area contributed by atoms with E-state index in [1.807, 2.05) is 0 Å². The fraction of sp³-hybridized carbons (Fsp3) is 0.696. The second-order valence-corrected chi connectivity index (χ2v) is 12.9. The van der Waals surface area contributed by atoms with Gasteiger partial charge in [-0.25, -0.2) is 18.6 Å². The van der Waals surface area contributed by atoms with Crippen molar-refractivity contribution in [3.05, 3.63) is 16.7 Å². The zero-order valence-corrected chi connectivity index (χ0v) is 24.8. The first-order valence-corrected chi connectivity index (χ1v) is 13.9. The molecule has 1 fully saturated rings. The average Bonchev–Trinajstić information content (AvgIpc) is 3.42. The van der Waals surface area contributed by atoms with Crippen LogP contribution in [0.25, 0.3) is 11.2 Å². The first-order valence-electron chi connectivity index (χ1n) is 12.4. The van der Waals surface area contributed by atoms with Crippen molar-refractivity contribution in [2.45, 2.75) is 66.1 Å². The van der Waals surface area contributed by atoms with Gasteiger partial charge < -0.3 is 29.8 Å². The third-order valence-corrected chi connectivity index (χ3v) is 7.11. The number of hydrogen-bond acceptors (Lipinski definition) is 15. The van der Waals surface area contributed by atoms with Gasteiger partial charge in [-0.2, -0.15) is 4.98 Å². The van der Waals surface area contributed by atoms with Crippen molar-refractivity contribution in [1.82, 2.24) is 19.5 Å². The lowest BCUT2D eigenvalue weighted by Crippen LogP contribution is -2.45. The molecule has 0 aromatic carbocycles. The van der Waals surface area contributed by atoms with E-state index < -0.39 is 74.5 Å². The molecule has 41 heavy (non-hydrogen) atoms. The minimum atomic E-state index is -4.62. The molecule has 3 heterocycles. The highest BCUT2D eigenvalue weighted by Crippen LogP contribution is 2.51. The first-order chi connectivity index (χ1) is 18.9. The molecule has 0 radical (unpaired) electrons. The maximum atomic E-state index is 13.4. The number of aliphatic hydroxyl groups is 1. The number of imidazole rings is 1.